The molecule has 0 unspecified atom stereocenters. The summed E-state index contributed by atoms with van der Waals surface area (Å²) in [6.07, 6.45) is 1.71. The zero-order chi connectivity index (χ0) is 26.0. The molecule has 6 rings (SSSR count). The minimum Gasteiger partial charge on any atom is -0.412 e. The first-order chi connectivity index (χ1) is 18.6. The van der Waals surface area contributed by atoms with E-state index in [9.17, 15) is 8.42 Å². The van der Waals surface area contributed by atoms with Crippen LogP contribution in [0.4, 0.5) is 22.7 Å². The van der Waals surface area contributed by atoms with Crippen molar-refractivity contribution >= 4 is 99.4 Å². The molecule has 0 bridgehead atoms. The highest BCUT2D eigenvalue weighted by molar-refractivity contribution is 8.93. The smallest absolute Gasteiger partial charge is 0.234 e. The second kappa shape index (κ2) is 14.9. The number of benzene rings is 4. The van der Waals surface area contributed by atoms with E-state index in [0.29, 0.717) is 5.69 Å². The number of rotatable bonds is 8. The Hall–Kier alpha value is -3.81. The summed E-state index contributed by atoms with van der Waals surface area (Å²) in [5, 5.41) is 9.73. The molecule has 0 radical (unpaired) electrons. The Labute approximate surface area is 264 Å². The van der Waals surface area contributed by atoms with E-state index < -0.39 is 10.0 Å². The van der Waals surface area contributed by atoms with E-state index in [-0.39, 0.29) is 57.2 Å². The number of para-hydroxylation sites is 3. The number of pyridine rings is 2. The lowest BCUT2D eigenvalue weighted by Crippen LogP contribution is -2.22. The molecule has 2 aromatic heterocycles. The van der Waals surface area contributed by atoms with Crippen molar-refractivity contribution in [1.82, 2.24) is 9.97 Å². The summed E-state index contributed by atoms with van der Waals surface area (Å²) >= 11 is 0. The van der Waals surface area contributed by atoms with Gasteiger partial charge in [0.25, 0.3) is 0 Å². The van der Waals surface area contributed by atoms with E-state index >= 15 is 0 Å². The van der Waals surface area contributed by atoms with Crippen LogP contribution >= 0.6 is 34.0 Å². The zero-order valence-corrected chi connectivity index (χ0v) is 26.5. The van der Waals surface area contributed by atoms with Gasteiger partial charge >= 0.3 is 0 Å². The summed E-state index contributed by atoms with van der Waals surface area (Å²) < 4.78 is 28.1. The quantitative estimate of drug-likeness (QED) is 0.163. The fraction of sp³-hybridized carbons (Fsp3) is 0.0667. The molecular weight excluding hydrogens is 686 g/mol. The molecule has 0 saturated heterocycles. The van der Waals surface area contributed by atoms with Crippen LogP contribution in [0.15, 0.2) is 109 Å². The van der Waals surface area contributed by atoms with Gasteiger partial charge in [-0.15, -0.1) is 34.0 Å². The summed E-state index contributed by atoms with van der Waals surface area (Å²) in [6, 6.07) is 32.9. The van der Waals surface area contributed by atoms with Gasteiger partial charge in [0.15, 0.2) is 0 Å². The summed E-state index contributed by atoms with van der Waals surface area (Å²) in [4.78, 5) is 9.11. The Balaban J connectivity index is 0.00000154. The molecule has 12 heteroatoms. The fourth-order valence-corrected chi connectivity index (χ4v) is 5.51. The van der Waals surface area contributed by atoms with Gasteiger partial charge in [0.1, 0.15) is 0 Å². The second-order valence-corrected chi connectivity index (χ2v) is 10.8. The number of hydrogen-bond donors (Lipinski definition) is 3. The lowest BCUT2D eigenvalue weighted by Gasteiger charge is -2.14. The largest absolute Gasteiger partial charge is 0.412 e. The molecule has 2 heterocycles. The molecule has 0 saturated carbocycles. The van der Waals surface area contributed by atoms with Crippen molar-refractivity contribution in [2.24, 2.45) is 0 Å². The summed E-state index contributed by atoms with van der Waals surface area (Å²) in [6.45, 7) is 0.269. The molecule has 0 aliphatic rings. The predicted molar refractivity (Wildman–Crippen MR) is 184 cm³/mol. The number of halogens is 2. The molecule has 0 amide bonds. The lowest BCUT2D eigenvalue weighted by molar-refractivity contribution is 0.601. The molecule has 0 fully saturated rings. The van der Waals surface area contributed by atoms with Gasteiger partial charge in [-0.3, -0.25) is 9.71 Å². The van der Waals surface area contributed by atoms with E-state index in [0.717, 1.165) is 49.8 Å². The van der Waals surface area contributed by atoms with E-state index in [1.807, 2.05) is 91.0 Å². The predicted octanol–water partition coefficient (Wildman–Crippen LogP) is 6.04. The highest BCUT2D eigenvalue weighted by atomic mass is 79.9. The third-order valence-corrected chi connectivity index (χ3v) is 7.64. The Morgan fingerprint density at radius 1 is 0.619 bits per heavy atom. The maximum absolute atomic E-state index is 12.7. The van der Waals surface area contributed by atoms with E-state index in [4.69, 9.17) is 4.98 Å². The number of aromatic nitrogens is 2. The van der Waals surface area contributed by atoms with Crippen molar-refractivity contribution in [3.05, 3.63) is 109 Å². The Morgan fingerprint density at radius 3 is 1.76 bits per heavy atom. The molecule has 0 atom stereocenters. The Bertz CT molecular complexity index is 1830. The van der Waals surface area contributed by atoms with Gasteiger partial charge in [0.05, 0.1) is 28.0 Å². The number of nitrogens with zero attached hydrogens (tertiary/aromatic N) is 2. The molecule has 0 aliphatic heterocycles. The SMILES string of the molecule is Br.Br.O.O.O=S(=O)(CCNc1ccnc2ccccc12)Nc1ccc(Nc2c3ccccc3nc3ccccc23)cc1. The Morgan fingerprint density at radius 2 is 1.14 bits per heavy atom. The van der Waals surface area contributed by atoms with Crippen LogP contribution in [0.2, 0.25) is 0 Å². The number of sulfonamides is 1. The molecule has 6 aromatic rings. The monoisotopic (exact) mass is 715 g/mol. The van der Waals surface area contributed by atoms with Gasteiger partial charge in [0, 0.05) is 46.0 Å². The van der Waals surface area contributed by atoms with E-state index in [2.05, 4.69) is 20.3 Å². The average Bonchev–Trinajstić information content (AvgIpc) is 2.94. The average molecular weight is 717 g/mol. The summed E-state index contributed by atoms with van der Waals surface area (Å²) in [5.74, 6) is -0.0708. The maximum Gasteiger partial charge on any atom is 0.234 e. The second-order valence-electron chi connectivity index (χ2n) is 8.95. The molecule has 42 heavy (non-hydrogen) atoms. The van der Waals surface area contributed by atoms with Gasteiger partial charge < -0.3 is 21.6 Å². The van der Waals surface area contributed by atoms with Crippen LogP contribution in [-0.2, 0) is 10.0 Å². The first kappa shape index (κ1) is 34.4. The van der Waals surface area contributed by atoms with E-state index in [1.54, 1.807) is 18.3 Å². The van der Waals surface area contributed by atoms with Crippen molar-refractivity contribution in [3.63, 3.8) is 0 Å². The maximum atomic E-state index is 12.7. The standard InChI is InChI=1S/C30H25N5O2S.2BrH.2H2O/c36-38(37,20-19-32-27-17-18-31-26-10-4-1-7-23(26)27)35-22-15-13-21(14-16-22)33-30-24-8-2-5-11-28(24)34-29-12-6-3-9-25(29)30;;;;/h1-18,35H,19-20H2,(H,31,32)(H,33,34);2*1H;2*1H2. The number of nitrogens with one attached hydrogen (secondary N) is 3. The number of fused-ring (bicyclic) bond motifs is 3. The van der Waals surface area contributed by atoms with Crippen molar-refractivity contribution in [2.75, 3.05) is 27.7 Å². The van der Waals surface area contributed by atoms with Crippen LogP contribution in [0.1, 0.15) is 0 Å². The third-order valence-electron chi connectivity index (χ3n) is 6.35. The van der Waals surface area contributed by atoms with Crippen molar-refractivity contribution in [2.45, 2.75) is 0 Å². The molecule has 0 spiro atoms. The molecule has 4 aromatic carbocycles. The van der Waals surface area contributed by atoms with Crippen molar-refractivity contribution in [3.8, 4) is 0 Å². The topological polar surface area (TPSA) is 159 Å². The van der Waals surface area contributed by atoms with Gasteiger partial charge in [-0.1, -0.05) is 54.6 Å². The first-order valence-electron chi connectivity index (χ1n) is 12.3. The molecule has 7 N–H and O–H groups in total. The van der Waals surface area contributed by atoms with Gasteiger partial charge in [0.2, 0.25) is 10.0 Å². The highest BCUT2D eigenvalue weighted by Gasteiger charge is 2.12. The van der Waals surface area contributed by atoms with E-state index in [1.165, 1.54) is 0 Å². The van der Waals surface area contributed by atoms with Crippen LogP contribution in [0.5, 0.6) is 0 Å². The number of hydrogen-bond acceptors (Lipinski definition) is 6. The van der Waals surface area contributed by atoms with Crippen molar-refractivity contribution < 1.29 is 19.4 Å². The van der Waals surface area contributed by atoms with Gasteiger partial charge in [-0.25, -0.2) is 13.4 Å². The summed E-state index contributed by atoms with van der Waals surface area (Å²) in [5.41, 5.74) is 5.86. The van der Waals surface area contributed by atoms with Crippen LogP contribution in [0.3, 0.4) is 0 Å². The minimum absolute atomic E-state index is 0. The Kier molecular flexibility index (Phi) is 12.2. The van der Waals surface area contributed by atoms with Crippen LogP contribution in [0.25, 0.3) is 32.7 Å². The van der Waals surface area contributed by atoms with Crippen LogP contribution < -0.4 is 15.4 Å². The lowest BCUT2D eigenvalue weighted by atomic mass is 10.1. The molecular formula is C30H31Br2N5O4S. The van der Waals surface area contributed by atoms with Crippen molar-refractivity contribution in [1.29, 1.82) is 0 Å². The first-order valence-corrected chi connectivity index (χ1v) is 13.9. The summed E-state index contributed by atoms with van der Waals surface area (Å²) in [7, 11) is -3.54. The normalized spacial score (nSPS) is 10.5. The third kappa shape index (κ3) is 7.52. The molecule has 220 valence electrons. The molecule has 9 nitrogen and oxygen atoms in total. The molecule has 0 aliphatic carbocycles. The minimum atomic E-state index is -3.54. The van der Waals surface area contributed by atoms with Crippen LogP contribution in [-0.4, -0.2) is 41.6 Å². The van der Waals surface area contributed by atoms with Gasteiger partial charge in [-0.05, 0) is 48.5 Å². The number of anilines is 4. The zero-order valence-electron chi connectivity index (χ0n) is 22.2. The highest BCUT2D eigenvalue weighted by Crippen LogP contribution is 2.33. The van der Waals surface area contributed by atoms with Gasteiger partial charge in [-0.2, -0.15) is 0 Å². The fourth-order valence-electron chi connectivity index (χ4n) is 4.54. The van der Waals surface area contributed by atoms with Crippen LogP contribution in [0, 0.1) is 0 Å².